The summed E-state index contributed by atoms with van der Waals surface area (Å²) in [6.07, 6.45) is -0.907. The largest absolute Gasteiger partial charge is 0.497 e. The van der Waals surface area contributed by atoms with Crippen molar-refractivity contribution in [2.75, 3.05) is 20.8 Å². The smallest absolute Gasteiger partial charge is 0.200 e. The van der Waals surface area contributed by atoms with Gasteiger partial charge in [0.05, 0.1) is 25.7 Å². The summed E-state index contributed by atoms with van der Waals surface area (Å²) >= 11 is 0. The van der Waals surface area contributed by atoms with Crippen molar-refractivity contribution in [2.45, 2.75) is 97.1 Å². The van der Waals surface area contributed by atoms with Crippen LogP contribution < -0.4 is 4.74 Å². The summed E-state index contributed by atoms with van der Waals surface area (Å²) in [7, 11) is 1.32. The molecule has 1 fully saturated rings. The normalized spacial score (nSPS) is 25.9. The van der Waals surface area contributed by atoms with Crippen LogP contribution in [0.3, 0.4) is 0 Å². The molecule has 0 spiro atoms. The summed E-state index contributed by atoms with van der Waals surface area (Å²) in [5, 5.41) is 0. The second-order valence-electron chi connectivity index (χ2n) is 10.5. The van der Waals surface area contributed by atoms with E-state index in [0.717, 1.165) is 16.9 Å². The Morgan fingerprint density at radius 1 is 1.03 bits per heavy atom. The van der Waals surface area contributed by atoms with E-state index in [4.69, 9.17) is 23.4 Å². The van der Waals surface area contributed by atoms with Crippen molar-refractivity contribution in [1.29, 1.82) is 0 Å². The number of rotatable bonds is 12. The molecule has 1 aromatic carbocycles. The molecule has 188 valence electrons. The van der Waals surface area contributed by atoms with Crippen molar-refractivity contribution in [1.82, 2.24) is 0 Å². The Morgan fingerprint density at radius 3 is 2.00 bits per heavy atom. The van der Waals surface area contributed by atoms with Crippen LogP contribution in [-0.4, -0.2) is 47.6 Å². The van der Waals surface area contributed by atoms with Crippen LogP contribution in [0.4, 0.5) is 0 Å². The number of methoxy groups -OCH3 is 2. The molecule has 0 bridgehead atoms. The van der Waals surface area contributed by atoms with E-state index >= 15 is 0 Å². The van der Waals surface area contributed by atoms with Crippen LogP contribution in [0.15, 0.2) is 36.4 Å². The predicted octanol–water partition coefficient (Wildman–Crippen LogP) is 6.73. The van der Waals surface area contributed by atoms with Gasteiger partial charge in [0, 0.05) is 7.11 Å². The molecule has 2 rings (SSSR count). The van der Waals surface area contributed by atoms with Crippen molar-refractivity contribution in [3.05, 3.63) is 42.0 Å². The fraction of sp³-hybridized carbons (Fsp3) is 0.704. The van der Waals surface area contributed by atoms with Crippen LogP contribution in [0.1, 0.15) is 61.0 Å². The van der Waals surface area contributed by atoms with Crippen LogP contribution in [0.25, 0.3) is 0 Å². The van der Waals surface area contributed by atoms with Crippen LogP contribution in [-0.2, 0) is 25.2 Å². The summed E-state index contributed by atoms with van der Waals surface area (Å²) in [5.74, 6) is 0.831. The molecule has 0 radical (unpaired) electrons. The van der Waals surface area contributed by atoms with Crippen LogP contribution in [0.2, 0.25) is 16.6 Å². The molecule has 0 N–H and O–H groups in total. The summed E-state index contributed by atoms with van der Waals surface area (Å²) in [5.41, 5.74) is 3.09. The minimum atomic E-state index is -2.04. The van der Waals surface area contributed by atoms with Gasteiger partial charge in [-0.25, -0.2) is 0 Å². The zero-order chi connectivity index (χ0) is 25.0. The van der Waals surface area contributed by atoms with Crippen molar-refractivity contribution in [2.24, 2.45) is 5.41 Å². The number of ether oxygens (including phenoxy) is 4. The fourth-order valence-electron chi connectivity index (χ4n) is 5.68. The maximum atomic E-state index is 6.91. The lowest BCUT2D eigenvalue weighted by Crippen LogP contribution is -2.50. The molecule has 4 atom stereocenters. The number of hydrogen-bond acceptors (Lipinski definition) is 5. The first kappa shape index (κ1) is 28.1. The molecule has 1 aromatic rings. The lowest BCUT2D eigenvalue weighted by molar-refractivity contribution is -0.150. The maximum absolute atomic E-state index is 6.91. The lowest BCUT2D eigenvalue weighted by atomic mass is 9.77. The van der Waals surface area contributed by atoms with E-state index in [-0.39, 0.29) is 12.2 Å². The van der Waals surface area contributed by atoms with Crippen molar-refractivity contribution in [3.8, 4) is 5.75 Å². The van der Waals surface area contributed by atoms with Gasteiger partial charge < -0.3 is 23.4 Å². The second-order valence-corrected chi connectivity index (χ2v) is 16.0. The van der Waals surface area contributed by atoms with Crippen LogP contribution in [0, 0.1) is 5.41 Å². The zero-order valence-electron chi connectivity index (χ0n) is 22.4. The van der Waals surface area contributed by atoms with Gasteiger partial charge in [-0.15, -0.1) is 0 Å². The number of hydrogen-bond donors (Lipinski definition) is 0. The highest BCUT2D eigenvalue weighted by Crippen LogP contribution is 2.48. The van der Waals surface area contributed by atoms with E-state index in [2.05, 4.69) is 55.0 Å². The van der Waals surface area contributed by atoms with Gasteiger partial charge >= 0.3 is 0 Å². The Bertz CT molecular complexity index is 739. The quantitative estimate of drug-likeness (QED) is 0.246. The van der Waals surface area contributed by atoms with E-state index < -0.39 is 20.0 Å². The van der Waals surface area contributed by atoms with Gasteiger partial charge in [0.2, 0.25) is 0 Å². The highest BCUT2D eigenvalue weighted by atomic mass is 28.4. The lowest BCUT2D eigenvalue weighted by Gasteiger charge is -2.43. The SMILES string of the molecule is C=C(C)[C@]1(C)[C@@H](OC)O[C@H](CO[Si](C(C)C)(C(C)C)C(C)C)[C@@H]1OCc1ccc(OC)cc1. The molecule has 1 aliphatic rings. The van der Waals surface area contributed by atoms with E-state index in [9.17, 15) is 0 Å². The molecule has 1 heterocycles. The summed E-state index contributed by atoms with van der Waals surface area (Å²) < 4.78 is 31.0. The van der Waals surface area contributed by atoms with E-state index in [1.54, 1.807) is 14.2 Å². The maximum Gasteiger partial charge on any atom is 0.200 e. The first-order valence-electron chi connectivity index (χ1n) is 12.2. The van der Waals surface area contributed by atoms with Crippen LogP contribution >= 0.6 is 0 Å². The molecule has 1 aliphatic heterocycles. The third-order valence-corrected chi connectivity index (χ3v) is 13.7. The molecular formula is C27H46O5Si. The molecule has 6 heteroatoms. The molecule has 0 amide bonds. The minimum absolute atomic E-state index is 0.236. The first-order chi connectivity index (χ1) is 15.4. The Labute approximate surface area is 202 Å². The average molecular weight is 479 g/mol. The van der Waals surface area contributed by atoms with E-state index in [1.165, 1.54) is 0 Å². The van der Waals surface area contributed by atoms with Crippen molar-refractivity contribution >= 4 is 8.32 Å². The molecule has 0 aliphatic carbocycles. The van der Waals surface area contributed by atoms with Gasteiger partial charge in [-0.1, -0.05) is 65.8 Å². The van der Waals surface area contributed by atoms with Gasteiger partial charge in [0.25, 0.3) is 0 Å². The van der Waals surface area contributed by atoms with Crippen molar-refractivity contribution < 1.29 is 23.4 Å². The molecule has 5 nitrogen and oxygen atoms in total. The van der Waals surface area contributed by atoms with Gasteiger partial charge in [0.1, 0.15) is 18.0 Å². The molecule has 1 saturated heterocycles. The number of benzene rings is 1. The Hall–Kier alpha value is -1.18. The third-order valence-electron chi connectivity index (χ3n) is 7.64. The van der Waals surface area contributed by atoms with Crippen molar-refractivity contribution in [3.63, 3.8) is 0 Å². The first-order valence-corrected chi connectivity index (χ1v) is 14.3. The van der Waals surface area contributed by atoms with E-state index in [1.807, 2.05) is 31.2 Å². The molecule has 0 aromatic heterocycles. The Kier molecular flexibility index (Phi) is 9.77. The third kappa shape index (κ3) is 5.56. The highest BCUT2D eigenvalue weighted by molar-refractivity contribution is 6.77. The van der Waals surface area contributed by atoms with Gasteiger partial charge in [-0.05, 0) is 48.2 Å². The molecule has 0 unspecified atom stereocenters. The standard InChI is InChI=1S/C27H46O5Si/c1-18(2)27(9)25(30-16-22-12-14-23(28-10)15-13-22)24(32-26(27)29-11)17-31-33(19(3)4,20(5)6)21(7)8/h12-15,19-21,24-26H,1,16-17H2,2-11H3/t24-,25+,26+,27+/m1/s1. The minimum Gasteiger partial charge on any atom is -0.497 e. The van der Waals surface area contributed by atoms with Gasteiger partial charge in [-0.3, -0.25) is 0 Å². The monoisotopic (exact) mass is 478 g/mol. The predicted molar refractivity (Wildman–Crippen MR) is 137 cm³/mol. The molecule has 33 heavy (non-hydrogen) atoms. The van der Waals surface area contributed by atoms with Gasteiger partial charge in [-0.2, -0.15) is 0 Å². The summed E-state index contributed by atoms with van der Waals surface area (Å²) in [4.78, 5) is 0. The average Bonchev–Trinajstić information content (AvgIpc) is 3.04. The fourth-order valence-corrected chi connectivity index (χ4v) is 11.1. The van der Waals surface area contributed by atoms with E-state index in [0.29, 0.717) is 29.8 Å². The summed E-state index contributed by atoms with van der Waals surface area (Å²) in [6.45, 7) is 23.2. The molecule has 0 saturated carbocycles. The molecular weight excluding hydrogens is 432 g/mol. The highest BCUT2D eigenvalue weighted by Gasteiger charge is 2.56. The topological polar surface area (TPSA) is 46.2 Å². The van der Waals surface area contributed by atoms with Gasteiger partial charge in [0.15, 0.2) is 14.6 Å². The summed E-state index contributed by atoms with van der Waals surface area (Å²) in [6, 6.07) is 7.96. The van der Waals surface area contributed by atoms with Crippen LogP contribution in [0.5, 0.6) is 5.75 Å². The Morgan fingerprint density at radius 2 is 1.58 bits per heavy atom. The second kappa shape index (κ2) is 11.5. The zero-order valence-corrected chi connectivity index (χ0v) is 23.4. The Balaban J connectivity index is 2.30.